The van der Waals surface area contributed by atoms with Crippen LogP contribution < -0.4 is 0 Å². The van der Waals surface area contributed by atoms with E-state index in [1.807, 2.05) is 12.1 Å². The van der Waals surface area contributed by atoms with Gasteiger partial charge in [0.1, 0.15) is 0 Å². The van der Waals surface area contributed by atoms with Crippen molar-refractivity contribution >= 4 is 17.3 Å². The summed E-state index contributed by atoms with van der Waals surface area (Å²) in [7, 11) is 0. The van der Waals surface area contributed by atoms with E-state index >= 15 is 0 Å². The van der Waals surface area contributed by atoms with Crippen molar-refractivity contribution in [1.82, 2.24) is 4.98 Å². The number of halogens is 1. The fourth-order valence-electron chi connectivity index (χ4n) is 1.74. The van der Waals surface area contributed by atoms with Crippen molar-refractivity contribution in [3.63, 3.8) is 0 Å². The maximum absolute atomic E-state index is 10.9. The van der Waals surface area contributed by atoms with Gasteiger partial charge in [-0.1, -0.05) is 18.2 Å². The Balaban J connectivity index is 2.22. The molecule has 0 saturated heterocycles. The van der Waals surface area contributed by atoms with E-state index in [0.29, 0.717) is 12.0 Å². The van der Waals surface area contributed by atoms with Crippen LogP contribution in [-0.2, 0) is 6.42 Å². The average molecular weight is 263 g/mol. The van der Waals surface area contributed by atoms with Gasteiger partial charge in [0.05, 0.1) is 10.3 Å². The molecular formula is C13H11ClN2O2. The molecule has 0 fully saturated rings. The molecule has 1 unspecified atom stereocenters. The highest BCUT2D eigenvalue weighted by atomic mass is 35.5. The smallest absolute Gasteiger partial charge is 0.265 e. The fraction of sp³-hybridized carbons (Fsp3) is 0.154. The van der Waals surface area contributed by atoms with Crippen molar-refractivity contribution in [3.05, 3.63) is 70.0 Å². The number of nitro benzene ring substituents is 1. The van der Waals surface area contributed by atoms with Crippen LogP contribution in [0.25, 0.3) is 0 Å². The number of hydrogen-bond acceptors (Lipinski definition) is 3. The van der Waals surface area contributed by atoms with Crippen LogP contribution in [0.4, 0.5) is 5.69 Å². The summed E-state index contributed by atoms with van der Waals surface area (Å²) in [6, 6.07) is 10.3. The number of alkyl halides is 1. The second-order valence-corrected chi connectivity index (χ2v) is 4.36. The molecule has 1 aromatic carbocycles. The van der Waals surface area contributed by atoms with Crippen molar-refractivity contribution in [2.45, 2.75) is 11.8 Å². The van der Waals surface area contributed by atoms with Gasteiger partial charge < -0.3 is 0 Å². The van der Waals surface area contributed by atoms with E-state index in [2.05, 4.69) is 4.98 Å². The second-order valence-electron chi connectivity index (χ2n) is 3.84. The molecule has 0 bridgehead atoms. The number of nitro groups is 1. The predicted octanol–water partition coefficient (Wildman–Crippen LogP) is 3.51. The third-order valence-corrected chi connectivity index (χ3v) is 3.06. The molecule has 1 aromatic heterocycles. The topological polar surface area (TPSA) is 56.0 Å². The molecule has 0 aliphatic carbocycles. The summed E-state index contributed by atoms with van der Waals surface area (Å²) in [5.41, 5.74) is 1.65. The summed E-state index contributed by atoms with van der Waals surface area (Å²) in [4.78, 5) is 14.4. The Morgan fingerprint density at radius 2 is 1.89 bits per heavy atom. The van der Waals surface area contributed by atoms with Gasteiger partial charge in [0, 0.05) is 24.0 Å². The molecule has 0 radical (unpaired) electrons. The lowest BCUT2D eigenvalue weighted by Crippen LogP contribution is -2.00. The molecule has 2 rings (SSSR count). The zero-order valence-electron chi connectivity index (χ0n) is 9.49. The van der Waals surface area contributed by atoms with Gasteiger partial charge in [-0.3, -0.25) is 15.1 Å². The minimum atomic E-state index is -0.383. The number of benzene rings is 1. The first-order chi connectivity index (χ1) is 8.68. The molecule has 2 aromatic rings. The molecule has 1 heterocycles. The van der Waals surface area contributed by atoms with E-state index < -0.39 is 0 Å². The number of hydrogen-bond donors (Lipinski definition) is 0. The highest BCUT2D eigenvalue weighted by Crippen LogP contribution is 2.28. The van der Waals surface area contributed by atoms with Crippen molar-refractivity contribution in [2.24, 2.45) is 0 Å². The second kappa shape index (κ2) is 5.60. The summed E-state index contributed by atoms with van der Waals surface area (Å²) in [6.07, 6.45) is 3.73. The van der Waals surface area contributed by atoms with Gasteiger partial charge in [-0.25, -0.2) is 0 Å². The first-order valence-corrected chi connectivity index (χ1v) is 5.88. The average Bonchev–Trinajstić information content (AvgIpc) is 2.40. The molecule has 1 atom stereocenters. The molecule has 18 heavy (non-hydrogen) atoms. The van der Waals surface area contributed by atoms with Gasteiger partial charge in [-0.2, -0.15) is 0 Å². The molecule has 0 amide bonds. The van der Waals surface area contributed by atoms with Crippen molar-refractivity contribution in [2.75, 3.05) is 0 Å². The zero-order valence-corrected chi connectivity index (χ0v) is 10.2. The molecule has 4 nitrogen and oxygen atoms in total. The first kappa shape index (κ1) is 12.5. The lowest BCUT2D eigenvalue weighted by atomic mass is 10.0. The molecular weight excluding hydrogens is 252 g/mol. The number of aromatic nitrogens is 1. The van der Waals surface area contributed by atoms with Gasteiger partial charge >= 0.3 is 0 Å². The molecule has 0 spiro atoms. The standard InChI is InChI=1S/C13H11ClN2O2/c14-12(10-5-7-15-8-6-10)9-11-3-1-2-4-13(11)16(17)18/h1-8,12H,9H2. The Morgan fingerprint density at radius 3 is 2.56 bits per heavy atom. The van der Waals surface area contributed by atoms with E-state index in [9.17, 15) is 10.1 Å². The Morgan fingerprint density at radius 1 is 1.22 bits per heavy atom. The number of para-hydroxylation sites is 1. The highest BCUT2D eigenvalue weighted by Gasteiger charge is 2.16. The van der Waals surface area contributed by atoms with Gasteiger partial charge in [0.25, 0.3) is 5.69 Å². The Kier molecular flexibility index (Phi) is 3.89. The predicted molar refractivity (Wildman–Crippen MR) is 69.6 cm³/mol. The normalized spacial score (nSPS) is 12.1. The van der Waals surface area contributed by atoms with Crippen molar-refractivity contribution in [1.29, 1.82) is 0 Å². The zero-order chi connectivity index (χ0) is 13.0. The number of nitrogens with zero attached hydrogens (tertiary/aromatic N) is 2. The number of pyridine rings is 1. The van der Waals surface area contributed by atoms with Crippen LogP contribution in [0.2, 0.25) is 0 Å². The molecule has 0 aliphatic heterocycles. The lowest BCUT2D eigenvalue weighted by molar-refractivity contribution is -0.385. The van der Waals surface area contributed by atoms with Gasteiger partial charge in [-0.15, -0.1) is 11.6 Å². The van der Waals surface area contributed by atoms with Gasteiger partial charge in [0.2, 0.25) is 0 Å². The Labute approximate surface area is 109 Å². The van der Waals surface area contributed by atoms with E-state index in [1.165, 1.54) is 6.07 Å². The van der Waals surface area contributed by atoms with Gasteiger partial charge in [-0.05, 0) is 24.1 Å². The summed E-state index contributed by atoms with van der Waals surface area (Å²) in [5, 5.41) is 10.6. The minimum absolute atomic E-state index is 0.109. The van der Waals surface area contributed by atoms with Crippen LogP contribution in [-0.4, -0.2) is 9.91 Å². The van der Waals surface area contributed by atoms with Crippen molar-refractivity contribution < 1.29 is 4.92 Å². The van der Waals surface area contributed by atoms with Crippen LogP contribution in [0.3, 0.4) is 0 Å². The Bertz CT molecular complexity index is 546. The molecule has 5 heteroatoms. The van der Waals surface area contributed by atoms with Crippen molar-refractivity contribution in [3.8, 4) is 0 Å². The van der Waals surface area contributed by atoms with E-state index in [1.54, 1.807) is 30.6 Å². The van der Waals surface area contributed by atoms with Crippen LogP contribution in [0, 0.1) is 10.1 Å². The molecule has 0 aliphatic rings. The quantitative estimate of drug-likeness (QED) is 0.481. The van der Waals surface area contributed by atoms with Crippen LogP contribution in [0.1, 0.15) is 16.5 Å². The molecule has 0 N–H and O–H groups in total. The van der Waals surface area contributed by atoms with Gasteiger partial charge in [0.15, 0.2) is 0 Å². The summed E-state index contributed by atoms with van der Waals surface area (Å²) >= 11 is 6.27. The third-order valence-electron chi connectivity index (χ3n) is 2.66. The summed E-state index contributed by atoms with van der Waals surface area (Å²) in [5.74, 6) is 0. The van der Waals surface area contributed by atoms with E-state index in [4.69, 9.17) is 11.6 Å². The molecule has 0 saturated carbocycles. The monoisotopic (exact) mass is 262 g/mol. The largest absolute Gasteiger partial charge is 0.272 e. The van der Waals surface area contributed by atoms with E-state index in [-0.39, 0.29) is 16.0 Å². The number of rotatable bonds is 4. The van der Waals surface area contributed by atoms with Crippen LogP contribution in [0.5, 0.6) is 0 Å². The summed E-state index contributed by atoms with van der Waals surface area (Å²) in [6.45, 7) is 0. The highest BCUT2D eigenvalue weighted by molar-refractivity contribution is 6.20. The Hall–Kier alpha value is -1.94. The first-order valence-electron chi connectivity index (χ1n) is 5.45. The maximum atomic E-state index is 10.9. The summed E-state index contributed by atoms with van der Waals surface area (Å²) < 4.78 is 0. The third kappa shape index (κ3) is 2.84. The van der Waals surface area contributed by atoms with Crippen LogP contribution in [0.15, 0.2) is 48.8 Å². The van der Waals surface area contributed by atoms with E-state index in [0.717, 1.165) is 5.56 Å². The molecule has 92 valence electrons. The lowest BCUT2D eigenvalue weighted by Gasteiger charge is -2.09. The maximum Gasteiger partial charge on any atom is 0.272 e. The SMILES string of the molecule is O=[N+]([O-])c1ccccc1CC(Cl)c1ccncc1. The fourth-order valence-corrected chi connectivity index (χ4v) is 2.06. The van der Waals surface area contributed by atoms with Crippen LogP contribution >= 0.6 is 11.6 Å². The minimum Gasteiger partial charge on any atom is -0.265 e.